The Morgan fingerprint density at radius 3 is 2.50 bits per heavy atom. The van der Waals surface area contributed by atoms with Gasteiger partial charge in [0, 0.05) is 37.9 Å². The van der Waals surface area contributed by atoms with E-state index in [0.29, 0.717) is 6.04 Å². The van der Waals surface area contributed by atoms with Crippen LogP contribution in [-0.2, 0) is 13.5 Å². The van der Waals surface area contributed by atoms with Crippen LogP contribution in [-0.4, -0.2) is 22.4 Å². The van der Waals surface area contributed by atoms with Crippen LogP contribution in [0, 0.1) is 0 Å². The van der Waals surface area contributed by atoms with Gasteiger partial charge in [0.25, 0.3) is 0 Å². The Morgan fingerprint density at radius 1 is 1.31 bits per heavy atom. The predicted molar refractivity (Wildman–Crippen MR) is 68.5 cm³/mol. The van der Waals surface area contributed by atoms with Gasteiger partial charge in [-0.2, -0.15) is 5.10 Å². The lowest BCUT2D eigenvalue weighted by atomic mass is 10.1. The second-order valence-corrected chi connectivity index (χ2v) is 4.42. The number of nitrogens with one attached hydrogen (secondary N) is 1. The van der Waals surface area contributed by atoms with E-state index in [2.05, 4.69) is 30.3 Å². The third-order valence-corrected chi connectivity index (χ3v) is 3.01. The van der Waals surface area contributed by atoms with Gasteiger partial charge in [-0.25, -0.2) is 0 Å². The normalized spacial score (nSPS) is 11.2. The molecule has 1 aromatic rings. The molecule has 1 aromatic heterocycles. The van der Waals surface area contributed by atoms with E-state index < -0.39 is 0 Å². The highest BCUT2D eigenvalue weighted by molar-refractivity contribution is 5.00. The highest BCUT2D eigenvalue weighted by Crippen LogP contribution is 2.05. The summed E-state index contributed by atoms with van der Waals surface area (Å²) in [6.07, 6.45) is 8.05. The lowest BCUT2D eigenvalue weighted by Crippen LogP contribution is -2.30. The molecule has 1 rings (SSSR count). The fourth-order valence-corrected chi connectivity index (χ4v) is 2.10. The summed E-state index contributed by atoms with van der Waals surface area (Å²) in [5.41, 5.74) is 1.30. The summed E-state index contributed by atoms with van der Waals surface area (Å²) in [7, 11) is 2.00. The molecule has 92 valence electrons. The van der Waals surface area contributed by atoms with E-state index >= 15 is 0 Å². The van der Waals surface area contributed by atoms with Crippen molar-refractivity contribution >= 4 is 0 Å². The topological polar surface area (TPSA) is 29.9 Å². The summed E-state index contributed by atoms with van der Waals surface area (Å²) in [5.74, 6) is 0. The minimum atomic E-state index is 0.697. The Bertz CT molecular complexity index is 274. The predicted octanol–water partition coefficient (Wildman–Crippen LogP) is 2.52. The molecule has 1 heterocycles. The zero-order chi connectivity index (χ0) is 11.8. The van der Waals surface area contributed by atoms with Crippen LogP contribution in [0.25, 0.3) is 0 Å². The summed E-state index contributed by atoms with van der Waals surface area (Å²) in [4.78, 5) is 0. The van der Waals surface area contributed by atoms with E-state index in [9.17, 15) is 0 Å². The SMILES string of the molecule is CCCC(CCC)NCCc1ccnn1C. The molecule has 0 atom stereocenters. The maximum atomic E-state index is 4.18. The Morgan fingerprint density at radius 2 is 2.00 bits per heavy atom. The van der Waals surface area contributed by atoms with Gasteiger partial charge in [-0.15, -0.1) is 0 Å². The van der Waals surface area contributed by atoms with Gasteiger partial charge in [0.05, 0.1) is 0 Å². The standard InChI is InChI=1S/C13H25N3/c1-4-6-12(7-5-2)14-10-8-13-9-11-15-16(13)3/h9,11-12,14H,4-8,10H2,1-3H3. The van der Waals surface area contributed by atoms with Crippen LogP contribution in [0.4, 0.5) is 0 Å². The molecule has 1 N–H and O–H groups in total. The third kappa shape index (κ3) is 4.35. The molecule has 0 aliphatic heterocycles. The summed E-state index contributed by atoms with van der Waals surface area (Å²) in [6, 6.07) is 2.79. The average Bonchev–Trinajstić information content (AvgIpc) is 2.65. The van der Waals surface area contributed by atoms with Crippen LogP contribution in [0.5, 0.6) is 0 Å². The Kier molecular flexibility index (Phi) is 6.16. The zero-order valence-electron chi connectivity index (χ0n) is 10.9. The molecular formula is C13H25N3. The van der Waals surface area contributed by atoms with Crippen molar-refractivity contribution in [3.05, 3.63) is 18.0 Å². The molecule has 0 radical (unpaired) electrons. The minimum Gasteiger partial charge on any atom is -0.314 e. The van der Waals surface area contributed by atoms with Gasteiger partial charge in [0.15, 0.2) is 0 Å². The van der Waals surface area contributed by atoms with Crippen LogP contribution in [0.3, 0.4) is 0 Å². The molecule has 3 heteroatoms. The first-order valence-corrected chi connectivity index (χ1v) is 6.48. The lowest BCUT2D eigenvalue weighted by Gasteiger charge is -2.17. The Labute approximate surface area is 99.2 Å². The first-order valence-electron chi connectivity index (χ1n) is 6.48. The number of aromatic nitrogens is 2. The fraction of sp³-hybridized carbons (Fsp3) is 0.769. The van der Waals surface area contributed by atoms with E-state index in [1.54, 1.807) is 0 Å². The van der Waals surface area contributed by atoms with Crippen molar-refractivity contribution in [2.45, 2.75) is 52.0 Å². The highest BCUT2D eigenvalue weighted by atomic mass is 15.3. The quantitative estimate of drug-likeness (QED) is 0.734. The van der Waals surface area contributed by atoms with Crippen molar-refractivity contribution in [1.29, 1.82) is 0 Å². The van der Waals surface area contributed by atoms with Crippen LogP contribution in [0.15, 0.2) is 12.3 Å². The van der Waals surface area contributed by atoms with Gasteiger partial charge in [-0.1, -0.05) is 26.7 Å². The summed E-state index contributed by atoms with van der Waals surface area (Å²) in [5, 5.41) is 7.82. The summed E-state index contributed by atoms with van der Waals surface area (Å²) in [6.45, 7) is 5.57. The molecular weight excluding hydrogens is 198 g/mol. The van der Waals surface area contributed by atoms with Crippen LogP contribution < -0.4 is 5.32 Å². The smallest absolute Gasteiger partial charge is 0.0492 e. The number of nitrogens with zero attached hydrogens (tertiary/aromatic N) is 2. The van der Waals surface area contributed by atoms with Crippen molar-refractivity contribution in [3.63, 3.8) is 0 Å². The molecule has 0 saturated heterocycles. The van der Waals surface area contributed by atoms with Gasteiger partial charge < -0.3 is 5.32 Å². The van der Waals surface area contributed by atoms with Gasteiger partial charge in [-0.3, -0.25) is 4.68 Å². The maximum Gasteiger partial charge on any atom is 0.0492 e. The van der Waals surface area contributed by atoms with E-state index in [4.69, 9.17) is 0 Å². The minimum absolute atomic E-state index is 0.697. The molecule has 0 spiro atoms. The number of rotatable bonds is 8. The lowest BCUT2D eigenvalue weighted by molar-refractivity contribution is 0.444. The monoisotopic (exact) mass is 223 g/mol. The Balaban J connectivity index is 2.24. The second-order valence-electron chi connectivity index (χ2n) is 4.42. The van der Waals surface area contributed by atoms with Gasteiger partial charge in [-0.05, 0) is 18.9 Å². The number of hydrogen-bond acceptors (Lipinski definition) is 2. The molecule has 0 aliphatic carbocycles. The average molecular weight is 223 g/mol. The first-order chi connectivity index (χ1) is 7.77. The summed E-state index contributed by atoms with van der Waals surface area (Å²) < 4.78 is 1.95. The number of aryl methyl sites for hydroxylation is 1. The summed E-state index contributed by atoms with van der Waals surface area (Å²) >= 11 is 0. The van der Waals surface area contributed by atoms with Crippen molar-refractivity contribution in [3.8, 4) is 0 Å². The van der Waals surface area contributed by atoms with Crippen molar-refractivity contribution in [1.82, 2.24) is 15.1 Å². The molecule has 0 aromatic carbocycles. The highest BCUT2D eigenvalue weighted by Gasteiger charge is 2.05. The van der Waals surface area contributed by atoms with Gasteiger partial charge in [0.2, 0.25) is 0 Å². The van der Waals surface area contributed by atoms with E-state index in [-0.39, 0.29) is 0 Å². The van der Waals surface area contributed by atoms with Gasteiger partial charge in [0.1, 0.15) is 0 Å². The fourth-order valence-electron chi connectivity index (χ4n) is 2.10. The molecule has 0 unspecified atom stereocenters. The van der Waals surface area contributed by atoms with Gasteiger partial charge >= 0.3 is 0 Å². The molecule has 0 bridgehead atoms. The second kappa shape index (κ2) is 7.44. The van der Waals surface area contributed by atoms with Crippen molar-refractivity contribution in [2.24, 2.45) is 7.05 Å². The molecule has 16 heavy (non-hydrogen) atoms. The third-order valence-electron chi connectivity index (χ3n) is 3.01. The molecule has 0 amide bonds. The first kappa shape index (κ1) is 13.2. The largest absolute Gasteiger partial charge is 0.314 e. The van der Waals surface area contributed by atoms with Crippen molar-refractivity contribution in [2.75, 3.05) is 6.54 Å². The van der Waals surface area contributed by atoms with Crippen LogP contribution >= 0.6 is 0 Å². The van der Waals surface area contributed by atoms with E-state index in [0.717, 1.165) is 13.0 Å². The van der Waals surface area contributed by atoms with Crippen LogP contribution in [0.2, 0.25) is 0 Å². The zero-order valence-corrected chi connectivity index (χ0v) is 10.9. The van der Waals surface area contributed by atoms with Crippen LogP contribution in [0.1, 0.15) is 45.2 Å². The molecule has 0 fully saturated rings. The maximum absolute atomic E-state index is 4.18. The molecule has 0 saturated carbocycles. The van der Waals surface area contributed by atoms with E-state index in [1.807, 2.05) is 17.9 Å². The molecule has 3 nitrogen and oxygen atoms in total. The number of hydrogen-bond donors (Lipinski definition) is 1. The van der Waals surface area contributed by atoms with Crippen molar-refractivity contribution < 1.29 is 0 Å². The molecule has 0 aliphatic rings. The Hall–Kier alpha value is -0.830. The van der Waals surface area contributed by atoms with E-state index in [1.165, 1.54) is 31.4 Å².